The summed E-state index contributed by atoms with van der Waals surface area (Å²) in [7, 11) is 0. The fourth-order valence-corrected chi connectivity index (χ4v) is 5.52. The average molecular weight is 472 g/mol. The Bertz CT molecular complexity index is 1260. The van der Waals surface area contributed by atoms with Crippen molar-refractivity contribution >= 4 is 50.6 Å². The maximum atomic E-state index is 13.4. The van der Waals surface area contributed by atoms with E-state index in [1.807, 2.05) is 22.9 Å². The molecule has 0 spiro atoms. The second-order valence-corrected chi connectivity index (χ2v) is 9.41. The third-order valence-electron chi connectivity index (χ3n) is 4.53. The van der Waals surface area contributed by atoms with E-state index in [1.54, 1.807) is 24.3 Å². The van der Waals surface area contributed by atoms with E-state index in [1.165, 1.54) is 51.1 Å². The summed E-state index contributed by atoms with van der Waals surface area (Å²) < 4.78 is 14.9. The molecule has 4 rings (SSSR count). The number of aromatic nitrogens is 2. The summed E-state index contributed by atoms with van der Waals surface area (Å²) in [5.41, 5.74) is 0.653. The number of benzene rings is 1. The Balaban J connectivity index is 1.54. The summed E-state index contributed by atoms with van der Waals surface area (Å²) in [4.78, 5) is 31.7. The highest BCUT2D eigenvalue weighted by Crippen LogP contribution is 2.27. The second kappa shape index (κ2) is 9.59. The van der Waals surface area contributed by atoms with E-state index >= 15 is 0 Å². The molecule has 3 aromatic heterocycles. The fourth-order valence-electron chi connectivity index (χ4n) is 3.09. The minimum atomic E-state index is -0.378. The van der Waals surface area contributed by atoms with E-state index < -0.39 is 0 Å². The third kappa shape index (κ3) is 4.79. The fraction of sp³-hybridized carbons (Fsp3) is 0.136. The molecule has 5 nitrogen and oxygen atoms in total. The van der Waals surface area contributed by atoms with Crippen LogP contribution in [0.4, 0.5) is 4.39 Å². The van der Waals surface area contributed by atoms with Crippen molar-refractivity contribution in [2.75, 3.05) is 5.75 Å². The molecule has 3 heterocycles. The zero-order valence-corrected chi connectivity index (χ0v) is 18.7. The molecule has 9 heteroatoms. The number of allylic oxidation sites excluding steroid dienone is 1. The van der Waals surface area contributed by atoms with Crippen LogP contribution < -0.4 is 10.9 Å². The van der Waals surface area contributed by atoms with Gasteiger partial charge in [0.05, 0.1) is 17.2 Å². The number of hydrogen-bond acceptors (Lipinski definition) is 6. The number of carbonyl (C=O) groups excluding carboxylic acids is 1. The van der Waals surface area contributed by atoms with E-state index in [0.29, 0.717) is 21.9 Å². The molecule has 1 unspecified atom stereocenters. The SMILES string of the molecule is C=CCn1c(SCC(=O)NC(c2ccc(F)cc2)c2cccs2)nc2sccc2c1=O. The van der Waals surface area contributed by atoms with Gasteiger partial charge in [0.1, 0.15) is 10.6 Å². The number of nitrogens with zero attached hydrogens (tertiary/aromatic N) is 2. The van der Waals surface area contributed by atoms with Crippen LogP contribution in [-0.2, 0) is 11.3 Å². The lowest BCUT2D eigenvalue weighted by atomic mass is 10.1. The first-order valence-corrected chi connectivity index (χ1v) is 12.1. The molecule has 4 aromatic rings. The van der Waals surface area contributed by atoms with E-state index in [4.69, 9.17) is 0 Å². The van der Waals surface area contributed by atoms with Crippen molar-refractivity contribution in [1.82, 2.24) is 14.9 Å². The van der Waals surface area contributed by atoms with Gasteiger partial charge in [-0.15, -0.1) is 29.3 Å². The molecule has 0 bridgehead atoms. The first kappa shape index (κ1) is 21.5. The van der Waals surface area contributed by atoms with Crippen molar-refractivity contribution in [2.45, 2.75) is 17.7 Å². The van der Waals surface area contributed by atoms with Crippen LogP contribution in [0.15, 0.2) is 75.8 Å². The minimum absolute atomic E-state index is 0.0868. The predicted molar refractivity (Wildman–Crippen MR) is 126 cm³/mol. The van der Waals surface area contributed by atoms with Crippen LogP contribution in [0.5, 0.6) is 0 Å². The zero-order valence-electron chi connectivity index (χ0n) is 16.3. The second-order valence-electron chi connectivity index (χ2n) is 6.59. The monoisotopic (exact) mass is 471 g/mol. The summed E-state index contributed by atoms with van der Waals surface area (Å²) in [5.74, 6) is -0.451. The molecule has 0 fully saturated rings. The molecule has 1 atom stereocenters. The first-order valence-electron chi connectivity index (χ1n) is 9.37. The summed E-state index contributed by atoms with van der Waals surface area (Å²) in [6, 6.07) is 11.3. The van der Waals surface area contributed by atoms with E-state index in [0.717, 1.165) is 10.4 Å². The van der Waals surface area contributed by atoms with Crippen LogP contribution in [0.3, 0.4) is 0 Å². The van der Waals surface area contributed by atoms with Gasteiger partial charge >= 0.3 is 0 Å². The van der Waals surface area contributed by atoms with Gasteiger partial charge in [0.15, 0.2) is 5.16 Å². The van der Waals surface area contributed by atoms with Crippen LogP contribution in [0.25, 0.3) is 10.2 Å². The van der Waals surface area contributed by atoms with Gasteiger partial charge in [0.2, 0.25) is 5.91 Å². The highest BCUT2D eigenvalue weighted by Gasteiger charge is 2.19. The molecule has 0 aliphatic carbocycles. The zero-order chi connectivity index (χ0) is 21.8. The van der Waals surface area contributed by atoms with E-state index in [9.17, 15) is 14.0 Å². The van der Waals surface area contributed by atoms with Gasteiger partial charge in [-0.2, -0.15) is 0 Å². The smallest absolute Gasteiger partial charge is 0.263 e. The average Bonchev–Trinajstić information content (AvgIpc) is 3.46. The number of thiophene rings is 2. The molecular formula is C22H18FN3O2S3. The maximum Gasteiger partial charge on any atom is 0.263 e. The number of nitrogens with one attached hydrogen (secondary N) is 1. The van der Waals surface area contributed by atoms with Gasteiger partial charge in [0, 0.05) is 11.4 Å². The van der Waals surface area contributed by atoms with Crippen LogP contribution in [0, 0.1) is 5.82 Å². The lowest BCUT2D eigenvalue weighted by Crippen LogP contribution is -2.30. The topological polar surface area (TPSA) is 64.0 Å². The molecule has 0 aliphatic rings. The molecule has 0 saturated carbocycles. The summed E-state index contributed by atoms with van der Waals surface area (Å²) >= 11 is 4.11. The van der Waals surface area contributed by atoms with Crippen molar-refractivity contribution in [2.24, 2.45) is 0 Å². The molecule has 0 saturated heterocycles. The molecule has 158 valence electrons. The van der Waals surface area contributed by atoms with Gasteiger partial charge in [-0.05, 0) is 40.6 Å². The molecular weight excluding hydrogens is 453 g/mol. The van der Waals surface area contributed by atoms with Crippen molar-refractivity contribution < 1.29 is 9.18 Å². The highest BCUT2D eigenvalue weighted by atomic mass is 32.2. The van der Waals surface area contributed by atoms with Crippen molar-refractivity contribution in [3.05, 3.63) is 92.5 Å². The number of thioether (sulfide) groups is 1. The lowest BCUT2D eigenvalue weighted by Gasteiger charge is -2.18. The van der Waals surface area contributed by atoms with Gasteiger partial charge < -0.3 is 5.32 Å². The Labute approximate surface area is 190 Å². The van der Waals surface area contributed by atoms with Gasteiger partial charge in [-0.25, -0.2) is 9.37 Å². The Hall–Kier alpha value is -2.75. The predicted octanol–water partition coefficient (Wildman–Crippen LogP) is 4.84. The summed E-state index contributed by atoms with van der Waals surface area (Å²) in [6.45, 7) is 4.02. The molecule has 1 aromatic carbocycles. The highest BCUT2D eigenvalue weighted by molar-refractivity contribution is 7.99. The Morgan fingerprint density at radius 3 is 2.74 bits per heavy atom. The van der Waals surface area contributed by atoms with Gasteiger partial charge in [0.25, 0.3) is 5.56 Å². The van der Waals surface area contributed by atoms with Crippen molar-refractivity contribution in [3.8, 4) is 0 Å². The largest absolute Gasteiger partial charge is 0.344 e. The van der Waals surface area contributed by atoms with Crippen molar-refractivity contribution in [1.29, 1.82) is 0 Å². The van der Waals surface area contributed by atoms with E-state index in [-0.39, 0.29) is 29.1 Å². The number of fused-ring (bicyclic) bond motifs is 1. The Morgan fingerprint density at radius 1 is 1.23 bits per heavy atom. The normalized spacial score (nSPS) is 12.0. The molecule has 0 aliphatic heterocycles. The van der Waals surface area contributed by atoms with Crippen LogP contribution in [0.2, 0.25) is 0 Å². The Kier molecular flexibility index (Phi) is 6.64. The minimum Gasteiger partial charge on any atom is -0.344 e. The van der Waals surface area contributed by atoms with Gasteiger partial charge in [-0.1, -0.05) is 36.0 Å². The summed E-state index contributed by atoms with van der Waals surface area (Å²) in [6.07, 6.45) is 1.63. The number of amides is 1. The number of rotatable bonds is 8. The van der Waals surface area contributed by atoms with Crippen LogP contribution >= 0.6 is 34.4 Å². The van der Waals surface area contributed by atoms with E-state index in [2.05, 4.69) is 16.9 Å². The number of halogens is 1. The summed E-state index contributed by atoms with van der Waals surface area (Å²) in [5, 5.41) is 7.82. The molecule has 0 radical (unpaired) electrons. The molecule has 31 heavy (non-hydrogen) atoms. The van der Waals surface area contributed by atoms with Crippen LogP contribution in [0.1, 0.15) is 16.5 Å². The van der Waals surface area contributed by atoms with Crippen molar-refractivity contribution in [3.63, 3.8) is 0 Å². The molecule has 1 N–H and O–H groups in total. The quantitative estimate of drug-likeness (QED) is 0.227. The first-order chi connectivity index (χ1) is 15.1. The maximum absolute atomic E-state index is 13.4. The number of carbonyl (C=O) groups is 1. The van der Waals surface area contributed by atoms with Gasteiger partial charge in [-0.3, -0.25) is 14.2 Å². The standard InChI is InChI=1S/C22H18FN3O2S3/c1-2-10-26-21(28)16-9-12-30-20(16)25-22(26)31-13-18(27)24-19(17-4-3-11-29-17)14-5-7-15(23)8-6-14/h2-9,11-12,19H,1,10,13H2,(H,24,27). The molecule has 1 amide bonds. The Morgan fingerprint density at radius 2 is 2.03 bits per heavy atom. The van der Waals surface area contributed by atoms with Crippen LogP contribution in [-0.4, -0.2) is 21.2 Å². The third-order valence-corrected chi connectivity index (χ3v) is 7.25. The number of hydrogen-bond donors (Lipinski definition) is 1. The lowest BCUT2D eigenvalue weighted by molar-refractivity contribution is -0.119.